The van der Waals surface area contributed by atoms with E-state index in [9.17, 15) is 14.5 Å². The van der Waals surface area contributed by atoms with Gasteiger partial charge < -0.3 is 9.47 Å². The smallest absolute Gasteiger partial charge is 0.311 e. The van der Waals surface area contributed by atoms with Crippen molar-refractivity contribution in [3.05, 3.63) is 34.1 Å². The monoisotopic (exact) mass is 257 g/mol. The second-order valence-electron chi connectivity index (χ2n) is 4.43. The zero-order valence-electron chi connectivity index (χ0n) is 10.6. The molecule has 0 aliphatic rings. The van der Waals surface area contributed by atoms with Crippen LogP contribution in [0.3, 0.4) is 0 Å². The standard InChI is InChI=1S/C12H16FNO4/c1-12(2,17-3)6-7-18-11-8-9(13)4-5-10(11)14(15)16/h4-5,8H,6-7H2,1-3H3. The Kier molecular flexibility index (Phi) is 4.61. The van der Waals surface area contributed by atoms with Crippen LogP contribution in [0.25, 0.3) is 0 Å². The predicted octanol–water partition coefficient (Wildman–Crippen LogP) is 2.93. The van der Waals surface area contributed by atoms with E-state index in [1.165, 1.54) is 0 Å². The third-order valence-corrected chi connectivity index (χ3v) is 2.63. The van der Waals surface area contributed by atoms with Gasteiger partial charge in [0, 0.05) is 25.7 Å². The van der Waals surface area contributed by atoms with Crippen LogP contribution >= 0.6 is 0 Å². The van der Waals surface area contributed by atoms with Crippen molar-refractivity contribution in [3.63, 3.8) is 0 Å². The van der Waals surface area contributed by atoms with Crippen LogP contribution in [0, 0.1) is 15.9 Å². The van der Waals surface area contributed by atoms with Crippen LogP contribution in [-0.4, -0.2) is 24.2 Å². The molecule has 0 unspecified atom stereocenters. The molecular weight excluding hydrogens is 241 g/mol. The van der Waals surface area contributed by atoms with Gasteiger partial charge >= 0.3 is 5.69 Å². The van der Waals surface area contributed by atoms with Crippen molar-refractivity contribution in [1.29, 1.82) is 0 Å². The number of rotatable bonds is 6. The molecular formula is C12H16FNO4. The zero-order valence-corrected chi connectivity index (χ0v) is 10.6. The van der Waals surface area contributed by atoms with E-state index in [1.54, 1.807) is 7.11 Å². The lowest BCUT2D eigenvalue weighted by atomic mass is 10.1. The summed E-state index contributed by atoms with van der Waals surface area (Å²) < 4.78 is 23.5. The Morgan fingerprint density at radius 1 is 1.44 bits per heavy atom. The molecule has 0 aliphatic carbocycles. The summed E-state index contributed by atoms with van der Waals surface area (Å²) in [6.07, 6.45) is 0.539. The van der Waals surface area contributed by atoms with Crippen LogP contribution in [0.4, 0.5) is 10.1 Å². The second-order valence-corrected chi connectivity index (χ2v) is 4.43. The van der Waals surface area contributed by atoms with Crippen LogP contribution in [-0.2, 0) is 4.74 Å². The third-order valence-electron chi connectivity index (χ3n) is 2.63. The van der Waals surface area contributed by atoms with Gasteiger partial charge in [0.15, 0.2) is 5.75 Å². The number of methoxy groups -OCH3 is 1. The highest BCUT2D eigenvalue weighted by Gasteiger charge is 2.19. The number of hydrogen-bond donors (Lipinski definition) is 0. The van der Waals surface area contributed by atoms with Crippen molar-refractivity contribution in [3.8, 4) is 5.75 Å². The van der Waals surface area contributed by atoms with E-state index in [2.05, 4.69) is 0 Å². The molecule has 5 nitrogen and oxygen atoms in total. The van der Waals surface area contributed by atoms with Crippen LogP contribution in [0.15, 0.2) is 18.2 Å². The van der Waals surface area contributed by atoms with Gasteiger partial charge in [-0.3, -0.25) is 10.1 Å². The molecule has 0 amide bonds. The fraction of sp³-hybridized carbons (Fsp3) is 0.500. The Morgan fingerprint density at radius 2 is 2.11 bits per heavy atom. The fourth-order valence-corrected chi connectivity index (χ4v) is 1.26. The number of benzene rings is 1. The van der Waals surface area contributed by atoms with Crippen molar-refractivity contribution in [1.82, 2.24) is 0 Å². The lowest BCUT2D eigenvalue weighted by Crippen LogP contribution is -2.25. The lowest BCUT2D eigenvalue weighted by molar-refractivity contribution is -0.385. The predicted molar refractivity (Wildman–Crippen MR) is 64.3 cm³/mol. The van der Waals surface area contributed by atoms with Crippen molar-refractivity contribution < 1.29 is 18.8 Å². The van der Waals surface area contributed by atoms with E-state index in [1.807, 2.05) is 13.8 Å². The molecule has 0 aromatic heterocycles. The van der Waals surface area contributed by atoms with Crippen LogP contribution < -0.4 is 4.74 Å². The minimum Gasteiger partial charge on any atom is -0.487 e. The molecule has 0 saturated heterocycles. The summed E-state index contributed by atoms with van der Waals surface area (Å²) in [7, 11) is 1.57. The molecule has 0 fully saturated rings. The van der Waals surface area contributed by atoms with Gasteiger partial charge in [-0.25, -0.2) is 4.39 Å². The Morgan fingerprint density at radius 3 is 2.67 bits per heavy atom. The number of ether oxygens (including phenoxy) is 2. The quantitative estimate of drug-likeness (QED) is 0.580. The lowest BCUT2D eigenvalue weighted by Gasteiger charge is -2.22. The SMILES string of the molecule is COC(C)(C)CCOc1cc(F)ccc1[N+](=O)[O-]. The van der Waals surface area contributed by atoms with Crippen LogP contribution in [0.1, 0.15) is 20.3 Å². The molecule has 1 aromatic rings. The molecule has 0 saturated carbocycles. The van der Waals surface area contributed by atoms with E-state index in [4.69, 9.17) is 9.47 Å². The molecule has 1 rings (SSSR count). The minimum atomic E-state index is -0.601. The van der Waals surface area contributed by atoms with Gasteiger partial charge in [-0.1, -0.05) is 0 Å². The number of halogens is 1. The average molecular weight is 257 g/mol. The Bertz CT molecular complexity index is 434. The van der Waals surface area contributed by atoms with Gasteiger partial charge in [0.25, 0.3) is 0 Å². The van der Waals surface area contributed by atoms with Gasteiger partial charge in [-0.05, 0) is 19.9 Å². The van der Waals surface area contributed by atoms with Crippen LogP contribution in [0.2, 0.25) is 0 Å². The topological polar surface area (TPSA) is 61.6 Å². The van der Waals surface area contributed by atoms with E-state index < -0.39 is 10.7 Å². The number of nitrogens with zero attached hydrogens (tertiary/aromatic N) is 1. The van der Waals surface area contributed by atoms with E-state index >= 15 is 0 Å². The average Bonchev–Trinajstić information content (AvgIpc) is 2.28. The highest BCUT2D eigenvalue weighted by atomic mass is 19.1. The molecule has 0 bridgehead atoms. The summed E-state index contributed by atoms with van der Waals surface area (Å²) in [5.41, 5.74) is -0.631. The zero-order chi connectivity index (χ0) is 13.8. The normalized spacial score (nSPS) is 11.3. The first-order valence-electron chi connectivity index (χ1n) is 5.47. The molecule has 6 heteroatoms. The summed E-state index contributed by atoms with van der Waals surface area (Å²) >= 11 is 0. The molecule has 0 heterocycles. The maximum Gasteiger partial charge on any atom is 0.311 e. The van der Waals surface area contributed by atoms with Crippen LogP contribution in [0.5, 0.6) is 5.75 Å². The molecule has 0 atom stereocenters. The maximum absolute atomic E-state index is 13.0. The minimum absolute atomic E-state index is 0.0631. The second kappa shape index (κ2) is 5.77. The summed E-state index contributed by atoms with van der Waals surface area (Å²) in [5, 5.41) is 10.7. The van der Waals surface area contributed by atoms with Crippen molar-refractivity contribution in [2.24, 2.45) is 0 Å². The molecule has 0 aliphatic heterocycles. The highest BCUT2D eigenvalue weighted by molar-refractivity contribution is 5.46. The molecule has 0 spiro atoms. The summed E-state index contributed by atoms with van der Waals surface area (Å²) in [5.74, 6) is -0.631. The van der Waals surface area contributed by atoms with Crippen molar-refractivity contribution in [2.75, 3.05) is 13.7 Å². The maximum atomic E-state index is 13.0. The fourth-order valence-electron chi connectivity index (χ4n) is 1.26. The molecule has 18 heavy (non-hydrogen) atoms. The summed E-state index contributed by atoms with van der Waals surface area (Å²) in [6, 6.07) is 3.13. The van der Waals surface area contributed by atoms with E-state index in [0.717, 1.165) is 18.2 Å². The van der Waals surface area contributed by atoms with Gasteiger partial charge in [-0.15, -0.1) is 0 Å². The van der Waals surface area contributed by atoms with E-state index in [0.29, 0.717) is 6.42 Å². The summed E-state index contributed by atoms with van der Waals surface area (Å²) in [6.45, 7) is 3.96. The first-order valence-corrected chi connectivity index (χ1v) is 5.47. The molecule has 100 valence electrons. The first kappa shape index (κ1) is 14.4. The van der Waals surface area contributed by atoms with Crippen molar-refractivity contribution >= 4 is 5.69 Å². The number of nitro groups is 1. The Hall–Kier alpha value is -1.69. The third kappa shape index (κ3) is 3.96. The Balaban J connectivity index is 2.72. The van der Waals surface area contributed by atoms with Gasteiger partial charge in [0.2, 0.25) is 0 Å². The molecule has 0 radical (unpaired) electrons. The summed E-state index contributed by atoms with van der Waals surface area (Å²) in [4.78, 5) is 10.1. The molecule has 0 N–H and O–H groups in total. The van der Waals surface area contributed by atoms with Crippen molar-refractivity contribution in [2.45, 2.75) is 25.9 Å². The highest BCUT2D eigenvalue weighted by Crippen LogP contribution is 2.28. The number of nitro benzene ring substituents is 1. The van der Waals surface area contributed by atoms with Gasteiger partial charge in [0.1, 0.15) is 5.82 Å². The first-order chi connectivity index (χ1) is 8.35. The van der Waals surface area contributed by atoms with Gasteiger partial charge in [0.05, 0.1) is 17.1 Å². The molecule has 1 aromatic carbocycles. The number of hydrogen-bond acceptors (Lipinski definition) is 4. The Labute approximate surface area is 105 Å². The van der Waals surface area contributed by atoms with Gasteiger partial charge in [-0.2, -0.15) is 0 Å². The van der Waals surface area contributed by atoms with E-state index in [-0.39, 0.29) is 23.6 Å². The largest absolute Gasteiger partial charge is 0.487 e.